The van der Waals surface area contributed by atoms with Gasteiger partial charge in [0.25, 0.3) is 0 Å². The summed E-state index contributed by atoms with van der Waals surface area (Å²) in [6, 6.07) is 12.3. The standard InChI is InChI=1S/C28H34N4O3/c33-27(11-10-22-16-30-26-9-5-4-8-25(22)26)31-17-24(35-20-21-12-14-29-15-13-21)18-32(28(34)19-31)23-6-2-1-3-7-23/h4-5,8-9,12-16,23-24,30H,1-3,6-7,10-11,17-20H2/t24-/m1/s1. The molecule has 2 amide bonds. The Kier molecular flexibility index (Phi) is 7.42. The third kappa shape index (κ3) is 5.73. The number of ether oxygens (including phenoxy) is 1. The zero-order valence-electron chi connectivity index (χ0n) is 20.2. The summed E-state index contributed by atoms with van der Waals surface area (Å²) < 4.78 is 6.29. The van der Waals surface area contributed by atoms with Crippen molar-refractivity contribution >= 4 is 22.7 Å². The van der Waals surface area contributed by atoms with Crippen molar-refractivity contribution in [3.8, 4) is 0 Å². The fraction of sp³-hybridized carbons (Fsp3) is 0.464. The van der Waals surface area contributed by atoms with Crippen LogP contribution in [0.4, 0.5) is 0 Å². The first kappa shape index (κ1) is 23.5. The maximum absolute atomic E-state index is 13.3. The number of benzene rings is 1. The first-order chi connectivity index (χ1) is 17.2. The van der Waals surface area contributed by atoms with Crippen molar-refractivity contribution < 1.29 is 14.3 Å². The van der Waals surface area contributed by atoms with Crippen LogP contribution >= 0.6 is 0 Å². The highest BCUT2D eigenvalue weighted by molar-refractivity contribution is 5.87. The van der Waals surface area contributed by atoms with Gasteiger partial charge < -0.3 is 19.5 Å². The fourth-order valence-electron chi connectivity index (χ4n) is 5.42. The van der Waals surface area contributed by atoms with E-state index in [1.807, 2.05) is 41.4 Å². The Morgan fingerprint density at radius 3 is 2.69 bits per heavy atom. The number of pyridine rings is 1. The molecule has 0 radical (unpaired) electrons. The lowest BCUT2D eigenvalue weighted by atomic mass is 9.94. The van der Waals surface area contributed by atoms with Crippen LogP contribution in [0.5, 0.6) is 0 Å². The Morgan fingerprint density at radius 1 is 1.06 bits per heavy atom. The molecule has 2 fully saturated rings. The smallest absolute Gasteiger partial charge is 0.242 e. The Bertz CT molecular complexity index is 1140. The number of hydrogen-bond donors (Lipinski definition) is 1. The van der Waals surface area contributed by atoms with E-state index in [1.54, 1.807) is 17.3 Å². The van der Waals surface area contributed by atoms with Gasteiger partial charge in [0.15, 0.2) is 0 Å². The number of aromatic amines is 1. The molecular formula is C28H34N4O3. The van der Waals surface area contributed by atoms with Crippen molar-refractivity contribution in [1.29, 1.82) is 0 Å². The molecule has 0 spiro atoms. The summed E-state index contributed by atoms with van der Waals surface area (Å²) in [5.41, 5.74) is 3.24. The van der Waals surface area contributed by atoms with Gasteiger partial charge in [-0.3, -0.25) is 14.6 Å². The van der Waals surface area contributed by atoms with Crippen LogP contribution < -0.4 is 0 Å². The number of H-pyrrole nitrogens is 1. The number of carbonyl (C=O) groups is 2. The minimum Gasteiger partial charge on any atom is -0.370 e. The first-order valence-electron chi connectivity index (χ1n) is 12.8. The predicted molar refractivity (Wildman–Crippen MR) is 135 cm³/mol. The van der Waals surface area contributed by atoms with Gasteiger partial charge in [0.1, 0.15) is 0 Å². The minimum atomic E-state index is -0.214. The van der Waals surface area contributed by atoms with E-state index < -0.39 is 0 Å². The maximum atomic E-state index is 13.3. The molecule has 2 aliphatic rings. The molecule has 1 aromatic carbocycles. The van der Waals surface area contributed by atoms with Gasteiger partial charge in [-0.15, -0.1) is 0 Å². The molecule has 1 N–H and O–H groups in total. The number of para-hydroxylation sites is 1. The molecule has 3 aromatic rings. The Labute approximate surface area is 206 Å². The van der Waals surface area contributed by atoms with Crippen LogP contribution in [-0.2, 0) is 27.4 Å². The molecule has 0 unspecified atom stereocenters. The second-order valence-corrected chi connectivity index (χ2v) is 9.76. The first-order valence-corrected chi connectivity index (χ1v) is 12.8. The van der Waals surface area contributed by atoms with Crippen LogP contribution in [0.2, 0.25) is 0 Å². The van der Waals surface area contributed by atoms with Gasteiger partial charge >= 0.3 is 0 Å². The van der Waals surface area contributed by atoms with Crippen molar-refractivity contribution in [3.05, 3.63) is 66.1 Å². The molecule has 0 bridgehead atoms. The van der Waals surface area contributed by atoms with Gasteiger partial charge in [0.05, 0.1) is 19.3 Å². The van der Waals surface area contributed by atoms with Crippen LogP contribution in [0, 0.1) is 0 Å². The maximum Gasteiger partial charge on any atom is 0.242 e. The van der Waals surface area contributed by atoms with Crippen LogP contribution in [0.1, 0.15) is 49.7 Å². The topological polar surface area (TPSA) is 78.5 Å². The molecule has 1 aliphatic carbocycles. The number of aryl methyl sites for hydroxylation is 1. The van der Waals surface area contributed by atoms with Gasteiger partial charge in [0, 0.05) is 55.0 Å². The van der Waals surface area contributed by atoms with Gasteiger partial charge in [0.2, 0.25) is 11.8 Å². The Hall–Kier alpha value is -3.19. The fourth-order valence-corrected chi connectivity index (χ4v) is 5.42. The summed E-state index contributed by atoms with van der Waals surface area (Å²) >= 11 is 0. The Morgan fingerprint density at radius 2 is 1.86 bits per heavy atom. The number of carbonyl (C=O) groups excluding carboxylic acids is 2. The zero-order chi connectivity index (χ0) is 24.0. The van der Waals surface area contributed by atoms with Crippen LogP contribution in [0.3, 0.4) is 0 Å². The highest BCUT2D eigenvalue weighted by Gasteiger charge is 2.34. The van der Waals surface area contributed by atoms with E-state index in [0.717, 1.165) is 47.7 Å². The molecule has 3 heterocycles. The average Bonchev–Trinajstić information content (AvgIpc) is 3.24. The van der Waals surface area contributed by atoms with E-state index in [0.29, 0.717) is 32.5 Å². The third-order valence-corrected chi connectivity index (χ3v) is 7.36. The van der Waals surface area contributed by atoms with Crippen molar-refractivity contribution in [3.63, 3.8) is 0 Å². The lowest BCUT2D eigenvalue weighted by Crippen LogP contribution is -2.46. The van der Waals surface area contributed by atoms with Gasteiger partial charge in [-0.05, 0) is 48.6 Å². The number of rotatable bonds is 7. The quantitative estimate of drug-likeness (QED) is 0.560. The van der Waals surface area contributed by atoms with Crippen molar-refractivity contribution in [2.24, 2.45) is 0 Å². The highest BCUT2D eigenvalue weighted by Crippen LogP contribution is 2.25. The summed E-state index contributed by atoms with van der Waals surface area (Å²) in [5.74, 6) is 0.0546. The van der Waals surface area contributed by atoms with E-state index in [-0.39, 0.29) is 30.5 Å². The van der Waals surface area contributed by atoms with E-state index >= 15 is 0 Å². The zero-order valence-corrected chi connectivity index (χ0v) is 20.2. The van der Waals surface area contributed by atoms with Crippen LogP contribution in [0.25, 0.3) is 10.9 Å². The number of aromatic nitrogens is 2. The largest absolute Gasteiger partial charge is 0.370 e. The minimum absolute atomic E-state index is 0.00614. The summed E-state index contributed by atoms with van der Waals surface area (Å²) in [5, 5.41) is 1.15. The molecule has 7 heteroatoms. The molecule has 7 nitrogen and oxygen atoms in total. The number of fused-ring (bicyclic) bond motifs is 1. The van der Waals surface area contributed by atoms with Crippen LogP contribution in [-0.4, -0.2) is 63.4 Å². The number of nitrogens with one attached hydrogen (secondary N) is 1. The SMILES string of the molecule is O=C(CCc1c[nH]c2ccccc12)N1CC(=O)N(C2CCCCC2)C[C@H](OCc2ccncc2)C1. The van der Waals surface area contributed by atoms with E-state index in [4.69, 9.17) is 4.74 Å². The molecule has 184 valence electrons. The van der Waals surface area contributed by atoms with E-state index in [1.165, 1.54) is 6.42 Å². The lowest BCUT2D eigenvalue weighted by molar-refractivity contribution is -0.140. The van der Waals surface area contributed by atoms with E-state index in [9.17, 15) is 9.59 Å². The normalized spacial score (nSPS) is 19.8. The van der Waals surface area contributed by atoms with Crippen molar-refractivity contribution in [2.45, 2.75) is 63.7 Å². The lowest BCUT2D eigenvalue weighted by Gasteiger charge is -2.34. The molecule has 1 saturated carbocycles. The van der Waals surface area contributed by atoms with Gasteiger partial charge in [-0.2, -0.15) is 0 Å². The highest BCUT2D eigenvalue weighted by atomic mass is 16.5. The number of hydrogen-bond acceptors (Lipinski definition) is 4. The third-order valence-electron chi connectivity index (χ3n) is 7.36. The summed E-state index contributed by atoms with van der Waals surface area (Å²) in [6.07, 6.45) is 11.9. The molecule has 1 saturated heterocycles. The van der Waals surface area contributed by atoms with E-state index in [2.05, 4.69) is 16.0 Å². The molecule has 1 aliphatic heterocycles. The molecule has 5 rings (SSSR count). The molecule has 2 aromatic heterocycles. The molecular weight excluding hydrogens is 440 g/mol. The van der Waals surface area contributed by atoms with Crippen molar-refractivity contribution in [2.75, 3.05) is 19.6 Å². The molecule has 35 heavy (non-hydrogen) atoms. The average molecular weight is 475 g/mol. The second-order valence-electron chi connectivity index (χ2n) is 9.76. The number of amides is 2. The van der Waals surface area contributed by atoms with Gasteiger partial charge in [-0.1, -0.05) is 37.5 Å². The number of nitrogens with zero attached hydrogens (tertiary/aromatic N) is 3. The summed E-state index contributed by atoms with van der Waals surface area (Å²) in [7, 11) is 0. The van der Waals surface area contributed by atoms with Crippen LogP contribution in [0.15, 0.2) is 55.0 Å². The predicted octanol–water partition coefficient (Wildman–Crippen LogP) is 4.08. The monoisotopic (exact) mass is 474 g/mol. The van der Waals surface area contributed by atoms with Gasteiger partial charge in [-0.25, -0.2) is 0 Å². The summed E-state index contributed by atoms with van der Waals surface area (Å²) in [6.45, 7) is 1.56. The Balaban J connectivity index is 1.28. The second kappa shape index (κ2) is 11.0. The molecule has 1 atom stereocenters. The van der Waals surface area contributed by atoms with Crippen molar-refractivity contribution in [1.82, 2.24) is 19.8 Å². The summed E-state index contributed by atoms with van der Waals surface area (Å²) in [4.78, 5) is 37.7.